The molecule has 3 rings (SSSR count). The van der Waals surface area contributed by atoms with Gasteiger partial charge in [-0.1, -0.05) is 42.3 Å². The molecule has 0 saturated heterocycles. The molecule has 1 heterocycles. The molecule has 0 saturated carbocycles. The fourth-order valence-electron chi connectivity index (χ4n) is 2.99. The van der Waals surface area contributed by atoms with Crippen molar-refractivity contribution in [1.29, 1.82) is 0 Å². The third-order valence-corrected chi connectivity index (χ3v) is 6.07. The fraction of sp³-hybridized carbons (Fsp3) is 0.136. The molecule has 0 aliphatic rings. The normalized spacial score (nSPS) is 11.1. The van der Waals surface area contributed by atoms with E-state index < -0.39 is 16.4 Å². The first-order valence-electron chi connectivity index (χ1n) is 8.43. The van der Waals surface area contributed by atoms with Gasteiger partial charge in [-0.15, -0.1) is 6.42 Å². The Bertz CT molecular complexity index is 1110. The number of aliphatic hydroxyl groups excluding tert-OH is 1. The Balaban J connectivity index is 2.10. The summed E-state index contributed by atoms with van der Waals surface area (Å²) in [5.41, 5.74) is 5.09. The minimum atomic E-state index is -3.48. The van der Waals surface area contributed by atoms with Gasteiger partial charge in [0.15, 0.2) is 9.84 Å². The van der Waals surface area contributed by atoms with Crippen LogP contribution in [0.5, 0.6) is 0 Å². The van der Waals surface area contributed by atoms with Crippen LogP contribution in [-0.2, 0) is 9.84 Å². The molecule has 2 aromatic carbocycles. The Hall–Kier alpha value is -2.94. The van der Waals surface area contributed by atoms with Gasteiger partial charge in [0.05, 0.1) is 22.9 Å². The minimum absolute atomic E-state index is 0.180. The highest BCUT2D eigenvalue weighted by Gasteiger charge is 2.16. The summed E-state index contributed by atoms with van der Waals surface area (Å²) in [5, 5.41) is 8.92. The standard InChI is InChI=1S/C22H19NO3S/c1-3-19-20(7-4-8-21(19)22-16(2)6-5-13-23-22)17-9-11-18(12-10-17)27(25,26)15-14-24/h1,4-13,24H,14-15H2,2H3. The summed E-state index contributed by atoms with van der Waals surface area (Å²) in [7, 11) is -3.48. The maximum Gasteiger partial charge on any atom is 0.180 e. The molecule has 0 radical (unpaired) electrons. The van der Waals surface area contributed by atoms with Crippen molar-refractivity contribution < 1.29 is 13.5 Å². The lowest BCUT2D eigenvalue weighted by molar-refractivity contribution is 0.319. The van der Waals surface area contributed by atoms with Crippen LogP contribution < -0.4 is 0 Å². The predicted molar refractivity (Wildman–Crippen MR) is 107 cm³/mol. The molecule has 0 bridgehead atoms. The highest BCUT2D eigenvalue weighted by atomic mass is 32.2. The first-order valence-corrected chi connectivity index (χ1v) is 10.1. The molecular weight excluding hydrogens is 358 g/mol. The van der Waals surface area contributed by atoms with Crippen LogP contribution in [0.15, 0.2) is 65.7 Å². The van der Waals surface area contributed by atoms with Crippen LogP contribution in [0.2, 0.25) is 0 Å². The number of benzene rings is 2. The van der Waals surface area contributed by atoms with Gasteiger partial charge < -0.3 is 5.11 Å². The van der Waals surface area contributed by atoms with Crippen LogP contribution in [0.1, 0.15) is 11.1 Å². The van der Waals surface area contributed by atoms with Crippen molar-refractivity contribution in [3.05, 3.63) is 71.9 Å². The van der Waals surface area contributed by atoms with Gasteiger partial charge >= 0.3 is 0 Å². The average Bonchev–Trinajstić information content (AvgIpc) is 2.68. The smallest absolute Gasteiger partial charge is 0.180 e. The number of aromatic nitrogens is 1. The molecule has 1 aromatic heterocycles. The molecule has 136 valence electrons. The summed E-state index contributed by atoms with van der Waals surface area (Å²) in [6.45, 7) is 1.58. The van der Waals surface area contributed by atoms with Gasteiger partial charge in [0.2, 0.25) is 0 Å². The first-order chi connectivity index (χ1) is 13.0. The quantitative estimate of drug-likeness (QED) is 0.692. The van der Waals surface area contributed by atoms with Crippen LogP contribution >= 0.6 is 0 Å². The van der Waals surface area contributed by atoms with Crippen molar-refractivity contribution in [1.82, 2.24) is 4.98 Å². The first kappa shape index (κ1) is 18.8. The zero-order chi connectivity index (χ0) is 19.4. The highest BCUT2D eigenvalue weighted by Crippen LogP contribution is 2.32. The van der Waals surface area contributed by atoms with Gasteiger partial charge in [-0.2, -0.15) is 0 Å². The maximum atomic E-state index is 12.1. The van der Waals surface area contributed by atoms with E-state index in [2.05, 4.69) is 10.9 Å². The summed E-state index contributed by atoms with van der Waals surface area (Å²) < 4.78 is 24.2. The van der Waals surface area contributed by atoms with Gasteiger partial charge in [0.1, 0.15) is 0 Å². The van der Waals surface area contributed by atoms with Crippen LogP contribution in [-0.4, -0.2) is 30.9 Å². The Kier molecular flexibility index (Phi) is 5.41. The fourth-order valence-corrected chi connectivity index (χ4v) is 4.02. The van der Waals surface area contributed by atoms with Crippen LogP contribution in [0, 0.1) is 19.3 Å². The summed E-state index contributed by atoms with van der Waals surface area (Å²) >= 11 is 0. The van der Waals surface area contributed by atoms with E-state index in [1.165, 1.54) is 0 Å². The lowest BCUT2D eigenvalue weighted by atomic mass is 9.93. The molecule has 27 heavy (non-hydrogen) atoms. The molecule has 0 atom stereocenters. The second-order valence-corrected chi connectivity index (χ2v) is 8.22. The maximum absolute atomic E-state index is 12.1. The number of pyridine rings is 1. The lowest BCUT2D eigenvalue weighted by Gasteiger charge is -2.12. The van der Waals surface area contributed by atoms with Gasteiger partial charge in [-0.3, -0.25) is 4.98 Å². The SMILES string of the molecule is C#Cc1c(-c2ccc(S(=O)(=O)CCO)cc2)cccc1-c1ncccc1C. The van der Waals surface area contributed by atoms with Crippen LogP contribution in [0.3, 0.4) is 0 Å². The van der Waals surface area contributed by atoms with E-state index in [4.69, 9.17) is 11.5 Å². The molecular formula is C22H19NO3S. The third kappa shape index (κ3) is 3.77. The molecule has 4 nitrogen and oxygen atoms in total. The number of rotatable bonds is 5. The van der Waals surface area contributed by atoms with Crippen molar-refractivity contribution in [3.63, 3.8) is 0 Å². The van der Waals surface area contributed by atoms with E-state index in [-0.39, 0.29) is 10.6 Å². The minimum Gasteiger partial charge on any atom is -0.395 e. The lowest BCUT2D eigenvalue weighted by Crippen LogP contribution is -2.09. The molecule has 0 amide bonds. The van der Waals surface area contributed by atoms with Crippen molar-refractivity contribution in [3.8, 4) is 34.7 Å². The number of aliphatic hydroxyl groups is 1. The van der Waals surface area contributed by atoms with Crippen molar-refractivity contribution >= 4 is 9.84 Å². The molecule has 0 fully saturated rings. The zero-order valence-corrected chi connectivity index (χ0v) is 15.7. The van der Waals surface area contributed by atoms with Crippen molar-refractivity contribution in [2.24, 2.45) is 0 Å². The molecule has 1 N–H and O–H groups in total. The van der Waals surface area contributed by atoms with Crippen LogP contribution in [0.25, 0.3) is 22.4 Å². The number of nitrogens with zero attached hydrogens (tertiary/aromatic N) is 1. The van der Waals surface area contributed by atoms with Gasteiger partial charge in [0.25, 0.3) is 0 Å². The largest absolute Gasteiger partial charge is 0.395 e. The number of hydrogen-bond acceptors (Lipinski definition) is 4. The number of hydrogen-bond donors (Lipinski definition) is 1. The van der Waals surface area contributed by atoms with Gasteiger partial charge in [-0.05, 0) is 41.8 Å². The van der Waals surface area contributed by atoms with Crippen molar-refractivity contribution in [2.75, 3.05) is 12.4 Å². The second kappa shape index (κ2) is 7.75. The topological polar surface area (TPSA) is 67.3 Å². The summed E-state index contributed by atoms with van der Waals surface area (Å²) in [5.74, 6) is 2.47. The Morgan fingerprint density at radius 2 is 1.74 bits per heavy atom. The highest BCUT2D eigenvalue weighted by molar-refractivity contribution is 7.91. The predicted octanol–water partition coefficient (Wildman–Crippen LogP) is 3.47. The van der Waals surface area contributed by atoms with E-state index in [1.807, 2.05) is 37.3 Å². The monoisotopic (exact) mass is 377 g/mol. The van der Waals surface area contributed by atoms with Gasteiger partial charge in [0, 0.05) is 17.3 Å². The van der Waals surface area contributed by atoms with E-state index >= 15 is 0 Å². The Labute approximate surface area is 159 Å². The van der Waals surface area contributed by atoms with E-state index in [0.717, 1.165) is 27.9 Å². The number of aryl methyl sites for hydroxylation is 1. The van der Waals surface area contributed by atoms with E-state index in [9.17, 15) is 8.42 Å². The molecule has 0 unspecified atom stereocenters. The van der Waals surface area contributed by atoms with Gasteiger partial charge in [-0.25, -0.2) is 8.42 Å². The molecule has 0 aliphatic heterocycles. The summed E-state index contributed by atoms with van der Waals surface area (Å²) in [6.07, 6.45) is 7.55. The summed E-state index contributed by atoms with van der Waals surface area (Å²) in [4.78, 5) is 4.64. The Morgan fingerprint density at radius 1 is 1.04 bits per heavy atom. The third-order valence-electron chi connectivity index (χ3n) is 4.36. The number of sulfone groups is 1. The molecule has 5 heteroatoms. The van der Waals surface area contributed by atoms with Crippen LogP contribution in [0.4, 0.5) is 0 Å². The molecule has 0 aliphatic carbocycles. The van der Waals surface area contributed by atoms with Crippen molar-refractivity contribution in [2.45, 2.75) is 11.8 Å². The average molecular weight is 377 g/mol. The Morgan fingerprint density at radius 3 is 2.37 bits per heavy atom. The number of terminal acetylenes is 1. The summed E-state index contributed by atoms with van der Waals surface area (Å²) in [6, 6.07) is 16.2. The zero-order valence-electron chi connectivity index (χ0n) is 14.9. The molecule has 3 aromatic rings. The van der Waals surface area contributed by atoms with E-state index in [1.54, 1.807) is 30.5 Å². The second-order valence-electron chi connectivity index (χ2n) is 6.11. The molecule has 0 spiro atoms. The van der Waals surface area contributed by atoms with E-state index in [0.29, 0.717) is 5.56 Å².